The van der Waals surface area contributed by atoms with Gasteiger partial charge in [0.25, 0.3) is 5.91 Å². The molecule has 0 spiro atoms. The fraction of sp³-hybridized carbons (Fsp3) is 0.241. The van der Waals surface area contributed by atoms with Crippen molar-refractivity contribution >= 4 is 51.6 Å². The molecule has 204 valence electrons. The molecule has 0 unspecified atom stereocenters. The van der Waals surface area contributed by atoms with Gasteiger partial charge in [0.1, 0.15) is 23.9 Å². The van der Waals surface area contributed by atoms with E-state index >= 15 is 4.39 Å². The van der Waals surface area contributed by atoms with Gasteiger partial charge < -0.3 is 20.1 Å². The first-order valence-electron chi connectivity index (χ1n) is 12.6. The van der Waals surface area contributed by atoms with Crippen molar-refractivity contribution < 1.29 is 23.8 Å². The summed E-state index contributed by atoms with van der Waals surface area (Å²) in [6, 6.07) is 8.96. The number of amides is 2. The third kappa shape index (κ3) is 3.82. The molecule has 2 N–H and O–H groups in total. The first-order valence-corrected chi connectivity index (χ1v) is 13.0. The van der Waals surface area contributed by atoms with Crippen molar-refractivity contribution in [2.24, 2.45) is 0 Å². The Hall–Kier alpha value is -4.44. The molecule has 2 aliphatic rings. The van der Waals surface area contributed by atoms with Crippen LogP contribution in [-0.2, 0) is 5.54 Å². The molecule has 0 atom stereocenters. The van der Waals surface area contributed by atoms with Gasteiger partial charge in [-0.05, 0) is 67.6 Å². The maximum atomic E-state index is 15.6. The molecule has 11 heteroatoms. The Morgan fingerprint density at radius 3 is 2.67 bits per heavy atom. The number of carboxylic acid groups (broad SMARTS) is 1. The Morgan fingerprint density at radius 2 is 1.93 bits per heavy atom. The van der Waals surface area contributed by atoms with E-state index in [1.54, 1.807) is 37.1 Å². The highest BCUT2D eigenvalue weighted by atomic mass is 35.5. The van der Waals surface area contributed by atoms with Crippen molar-refractivity contribution in [1.29, 1.82) is 0 Å². The van der Waals surface area contributed by atoms with E-state index in [0.717, 1.165) is 16.2 Å². The molecule has 2 aliphatic heterocycles. The summed E-state index contributed by atoms with van der Waals surface area (Å²) in [5.74, 6) is 0.00458. The van der Waals surface area contributed by atoms with E-state index in [1.165, 1.54) is 12.4 Å². The number of rotatable bonds is 3. The summed E-state index contributed by atoms with van der Waals surface area (Å²) < 4.78 is 21.2. The molecule has 2 amide bonds. The van der Waals surface area contributed by atoms with Crippen molar-refractivity contribution in [2.45, 2.75) is 26.3 Å². The minimum atomic E-state index is -1.14. The molecule has 0 fully saturated rings. The summed E-state index contributed by atoms with van der Waals surface area (Å²) in [7, 11) is 1.78. The molecule has 9 nitrogen and oxygen atoms in total. The zero-order chi connectivity index (χ0) is 28.5. The second-order valence-corrected chi connectivity index (χ2v) is 10.8. The number of carbonyl (C=O) groups is 2. The Labute approximate surface area is 234 Å². The Kier molecular flexibility index (Phi) is 5.85. The number of hydrogen-bond donors (Lipinski definition) is 2. The quantitative estimate of drug-likeness (QED) is 0.300. The summed E-state index contributed by atoms with van der Waals surface area (Å²) in [5, 5.41) is 13.9. The molecule has 0 radical (unpaired) electrons. The van der Waals surface area contributed by atoms with E-state index in [1.807, 2.05) is 26.0 Å². The molecule has 2 aromatic carbocycles. The van der Waals surface area contributed by atoms with Crippen LogP contribution in [0.15, 0.2) is 42.7 Å². The lowest BCUT2D eigenvalue weighted by atomic mass is 9.93. The number of aromatic nitrogens is 2. The van der Waals surface area contributed by atoms with Gasteiger partial charge in [-0.25, -0.2) is 19.2 Å². The van der Waals surface area contributed by atoms with Gasteiger partial charge in [-0.15, -0.1) is 0 Å². The number of ether oxygens (including phenoxy) is 1. The number of carbonyl (C=O) groups excluding carboxylic acids is 1. The number of benzene rings is 2. The van der Waals surface area contributed by atoms with Gasteiger partial charge in [-0.3, -0.25) is 9.69 Å². The van der Waals surface area contributed by atoms with E-state index in [0.29, 0.717) is 33.3 Å². The average molecular weight is 562 g/mol. The summed E-state index contributed by atoms with van der Waals surface area (Å²) in [5.41, 5.74) is 3.24. The Balaban J connectivity index is 1.42. The first-order chi connectivity index (χ1) is 19.0. The monoisotopic (exact) mass is 561 g/mol. The zero-order valence-corrected chi connectivity index (χ0v) is 22.9. The van der Waals surface area contributed by atoms with E-state index in [9.17, 15) is 14.7 Å². The topological polar surface area (TPSA) is 108 Å². The highest BCUT2D eigenvalue weighted by Gasteiger charge is 2.40. The van der Waals surface area contributed by atoms with Gasteiger partial charge in [-0.1, -0.05) is 11.6 Å². The van der Waals surface area contributed by atoms with Crippen LogP contribution in [0.1, 0.15) is 35.3 Å². The molecule has 6 rings (SSSR count). The standard InChI is InChI=1S/C29H25ClFN5O4/c1-14-19(12-33-26-25(14)36(28(38)39)7-8-40-26)18-9-15-10-22(32-13-20(15)23(30)24(18)31)34-16-5-6-17-21(11-16)29(2,3)35(4)27(17)37/h5-6,9-13H,7-8H2,1-4H3,(H,32,34)(H,38,39). The lowest BCUT2D eigenvalue weighted by Crippen LogP contribution is -2.37. The molecule has 4 aromatic rings. The van der Waals surface area contributed by atoms with Gasteiger partial charge in [0.15, 0.2) is 0 Å². The molecule has 4 heterocycles. The van der Waals surface area contributed by atoms with E-state index < -0.39 is 17.4 Å². The number of nitrogens with zero attached hydrogens (tertiary/aromatic N) is 4. The van der Waals surface area contributed by atoms with Gasteiger partial charge in [0.2, 0.25) is 5.88 Å². The SMILES string of the molecule is Cc1c(-c2cc3cc(Nc4ccc5c(c4)C(C)(C)N(C)C5=O)ncc3c(Cl)c2F)cnc2c1N(C(=O)O)CCO2. The predicted molar refractivity (Wildman–Crippen MR) is 150 cm³/mol. The number of halogens is 2. The smallest absolute Gasteiger partial charge is 0.412 e. The van der Waals surface area contributed by atoms with Crippen molar-refractivity contribution in [1.82, 2.24) is 14.9 Å². The molecule has 0 saturated heterocycles. The molecule has 0 saturated carbocycles. The summed E-state index contributed by atoms with van der Waals surface area (Å²) >= 11 is 6.47. The number of anilines is 3. The molecular weight excluding hydrogens is 537 g/mol. The lowest BCUT2D eigenvalue weighted by molar-refractivity contribution is 0.0691. The highest BCUT2D eigenvalue weighted by Crippen LogP contribution is 2.43. The van der Waals surface area contributed by atoms with E-state index in [2.05, 4.69) is 15.3 Å². The molecule has 2 aromatic heterocycles. The Morgan fingerprint density at radius 1 is 1.15 bits per heavy atom. The third-order valence-corrected chi connectivity index (χ3v) is 8.21. The largest absolute Gasteiger partial charge is 0.474 e. The van der Waals surface area contributed by atoms with Crippen molar-refractivity contribution in [2.75, 3.05) is 30.4 Å². The third-order valence-electron chi connectivity index (χ3n) is 7.84. The number of pyridine rings is 2. The minimum Gasteiger partial charge on any atom is -0.474 e. The van der Waals surface area contributed by atoms with Crippen LogP contribution >= 0.6 is 11.6 Å². The second kappa shape index (κ2) is 9.06. The van der Waals surface area contributed by atoms with Crippen LogP contribution < -0.4 is 15.0 Å². The minimum absolute atomic E-state index is 0.0235. The second-order valence-electron chi connectivity index (χ2n) is 10.4. The van der Waals surface area contributed by atoms with Crippen LogP contribution in [-0.4, -0.2) is 52.2 Å². The van der Waals surface area contributed by atoms with Crippen molar-refractivity contribution in [3.63, 3.8) is 0 Å². The zero-order valence-electron chi connectivity index (χ0n) is 22.2. The summed E-state index contributed by atoms with van der Waals surface area (Å²) in [6.45, 7) is 6.01. The van der Waals surface area contributed by atoms with Gasteiger partial charge in [-0.2, -0.15) is 0 Å². The maximum Gasteiger partial charge on any atom is 0.412 e. The van der Waals surface area contributed by atoms with Gasteiger partial charge in [0, 0.05) is 47.2 Å². The molecule has 0 aliphatic carbocycles. The van der Waals surface area contributed by atoms with Crippen LogP contribution in [0.3, 0.4) is 0 Å². The van der Waals surface area contributed by atoms with Crippen LogP contribution in [0.25, 0.3) is 21.9 Å². The normalized spacial score (nSPS) is 15.6. The van der Waals surface area contributed by atoms with Crippen molar-refractivity contribution in [3.05, 3.63) is 70.3 Å². The fourth-order valence-corrected chi connectivity index (χ4v) is 5.63. The summed E-state index contributed by atoms with van der Waals surface area (Å²) in [6.07, 6.45) is 1.82. The van der Waals surface area contributed by atoms with Crippen LogP contribution in [0, 0.1) is 12.7 Å². The average Bonchev–Trinajstić information content (AvgIpc) is 3.10. The maximum absolute atomic E-state index is 15.6. The van der Waals surface area contributed by atoms with Crippen LogP contribution in [0.4, 0.5) is 26.4 Å². The molecule has 0 bridgehead atoms. The number of hydrogen-bond acceptors (Lipinski definition) is 6. The Bertz CT molecular complexity index is 1760. The highest BCUT2D eigenvalue weighted by molar-refractivity contribution is 6.36. The lowest BCUT2D eigenvalue weighted by Gasteiger charge is -2.28. The first kappa shape index (κ1) is 25.8. The molecular formula is C29H25ClFN5O4. The van der Waals surface area contributed by atoms with Crippen molar-refractivity contribution in [3.8, 4) is 17.0 Å². The van der Waals surface area contributed by atoms with E-state index in [4.69, 9.17) is 16.3 Å². The number of fused-ring (bicyclic) bond motifs is 3. The molecule has 40 heavy (non-hydrogen) atoms. The fourth-order valence-electron chi connectivity index (χ4n) is 5.37. The van der Waals surface area contributed by atoms with Crippen LogP contribution in [0.5, 0.6) is 5.88 Å². The van der Waals surface area contributed by atoms with E-state index in [-0.39, 0.29) is 41.2 Å². The van der Waals surface area contributed by atoms with Gasteiger partial charge >= 0.3 is 6.09 Å². The summed E-state index contributed by atoms with van der Waals surface area (Å²) in [4.78, 5) is 36.0. The van der Waals surface area contributed by atoms with Gasteiger partial charge in [0.05, 0.1) is 17.1 Å². The number of nitrogens with one attached hydrogen (secondary N) is 1. The van der Waals surface area contributed by atoms with Crippen LogP contribution in [0.2, 0.25) is 5.02 Å². The predicted octanol–water partition coefficient (Wildman–Crippen LogP) is 6.34.